The molecule has 1 aromatic carbocycles. The monoisotopic (exact) mass is 291 g/mol. The van der Waals surface area contributed by atoms with Gasteiger partial charge in [-0.3, -0.25) is 0 Å². The summed E-state index contributed by atoms with van der Waals surface area (Å²) >= 11 is 0. The Morgan fingerprint density at radius 2 is 1.48 bits per heavy atom. The van der Waals surface area contributed by atoms with Crippen molar-refractivity contribution in [3.8, 4) is 0 Å². The Bertz CT molecular complexity index is 462. The number of carbonyl (C=O) groups excluding carboxylic acids is 1. The standard InChI is InChI=1S/C18H29NO2/c1-12(2)7-14-9-15(8-13(3)4)11-16(10-14)18(5,6)21-17(19)20/h9-13H,7-8H2,1-6H3,(H2,19,20). The molecule has 1 rings (SSSR count). The minimum atomic E-state index is -0.736. The fourth-order valence-corrected chi connectivity index (χ4v) is 2.60. The molecule has 21 heavy (non-hydrogen) atoms. The van der Waals surface area contributed by atoms with Crippen LogP contribution in [0.3, 0.4) is 0 Å². The molecule has 0 spiro atoms. The van der Waals surface area contributed by atoms with Gasteiger partial charge in [-0.1, -0.05) is 45.9 Å². The van der Waals surface area contributed by atoms with Crippen molar-refractivity contribution in [2.24, 2.45) is 17.6 Å². The maximum atomic E-state index is 11.1. The van der Waals surface area contributed by atoms with Crippen molar-refractivity contribution in [3.05, 3.63) is 34.9 Å². The Kier molecular flexibility index (Phi) is 5.82. The van der Waals surface area contributed by atoms with Crippen LogP contribution in [0.2, 0.25) is 0 Å². The van der Waals surface area contributed by atoms with Crippen LogP contribution in [-0.4, -0.2) is 6.09 Å². The fourth-order valence-electron chi connectivity index (χ4n) is 2.60. The second-order valence-corrected chi connectivity index (χ2v) is 7.17. The molecular formula is C18H29NO2. The largest absolute Gasteiger partial charge is 0.439 e. The minimum Gasteiger partial charge on any atom is -0.439 e. The molecular weight excluding hydrogens is 262 g/mol. The number of rotatable bonds is 6. The molecule has 0 radical (unpaired) electrons. The Hall–Kier alpha value is -1.51. The Balaban J connectivity index is 3.19. The van der Waals surface area contributed by atoms with E-state index in [2.05, 4.69) is 45.9 Å². The third-order valence-corrected chi connectivity index (χ3v) is 3.39. The molecule has 0 fully saturated rings. The van der Waals surface area contributed by atoms with Crippen LogP contribution in [0.25, 0.3) is 0 Å². The van der Waals surface area contributed by atoms with Gasteiger partial charge in [0.15, 0.2) is 0 Å². The number of primary amides is 1. The van der Waals surface area contributed by atoms with Crippen LogP contribution >= 0.6 is 0 Å². The van der Waals surface area contributed by atoms with Crippen LogP contribution in [0.5, 0.6) is 0 Å². The van der Waals surface area contributed by atoms with Crippen molar-refractivity contribution in [2.75, 3.05) is 0 Å². The molecule has 0 heterocycles. The third-order valence-electron chi connectivity index (χ3n) is 3.39. The maximum Gasteiger partial charge on any atom is 0.405 e. The van der Waals surface area contributed by atoms with Gasteiger partial charge in [-0.15, -0.1) is 0 Å². The van der Waals surface area contributed by atoms with E-state index < -0.39 is 11.7 Å². The average molecular weight is 291 g/mol. The molecule has 0 aromatic heterocycles. The summed E-state index contributed by atoms with van der Waals surface area (Å²) in [5, 5.41) is 0. The summed E-state index contributed by atoms with van der Waals surface area (Å²) in [6, 6.07) is 6.53. The first-order valence-corrected chi connectivity index (χ1v) is 7.72. The molecule has 0 saturated carbocycles. The van der Waals surface area contributed by atoms with Crippen molar-refractivity contribution >= 4 is 6.09 Å². The van der Waals surface area contributed by atoms with E-state index in [0.29, 0.717) is 11.8 Å². The second kappa shape index (κ2) is 6.97. The fraction of sp³-hybridized carbons (Fsp3) is 0.611. The predicted molar refractivity (Wildman–Crippen MR) is 87.2 cm³/mol. The number of hydrogen-bond acceptors (Lipinski definition) is 2. The van der Waals surface area contributed by atoms with Crippen LogP contribution in [0.1, 0.15) is 58.2 Å². The summed E-state index contributed by atoms with van der Waals surface area (Å²) in [5.41, 5.74) is 8.08. The van der Waals surface area contributed by atoms with Gasteiger partial charge < -0.3 is 10.5 Å². The lowest BCUT2D eigenvalue weighted by atomic mass is 9.89. The summed E-state index contributed by atoms with van der Waals surface area (Å²) < 4.78 is 5.28. The lowest BCUT2D eigenvalue weighted by molar-refractivity contribution is 0.0431. The van der Waals surface area contributed by atoms with Gasteiger partial charge in [-0.25, -0.2) is 4.79 Å². The first kappa shape index (κ1) is 17.5. The van der Waals surface area contributed by atoms with Crippen molar-refractivity contribution in [1.82, 2.24) is 0 Å². The van der Waals surface area contributed by atoms with Crippen LogP contribution < -0.4 is 5.73 Å². The van der Waals surface area contributed by atoms with E-state index in [9.17, 15) is 4.79 Å². The second-order valence-electron chi connectivity index (χ2n) is 7.17. The molecule has 118 valence electrons. The van der Waals surface area contributed by atoms with Crippen molar-refractivity contribution in [1.29, 1.82) is 0 Å². The maximum absolute atomic E-state index is 11.1. The summed E-state index contributed by atoms with van der Waals surface area (Å²) in [5.74, 6) is 1.18. The quantitative estimate of drug-likeness (QED) is 0.843. The predicted octanol–water partition coefficient (Wildman–Crippen LogP) is 4.41. The number of carbonyl (C=O) groups is 1. The van der Waals surface area contributed by atoms with Crippen molar-refractivity contribution < 1.29 is 9.53 Å². The molecule has 2 N–H and O–H groups in total. The van der Waals surface area contributed by atoms with Gasteiger partial charge in [0.25, 0.3) is 0 Å². The first-order chi connectivity index (χ1) is 9.60. The molecule has 0 atom stereocenters. The SMILES string of the molecule is CC(C)Cc1cc(CC(C)C)cc(C(C)(C)OC(N)=O)c1. The minimum absolute atomic E-state index is 0.590. The number of nitrogens with two attached hydrogens (primary N) is 1. The van der Waals surface area contributed by atoms with Crippen LogP contribution in [-0.2, 0) is 23.2 Å². The normalized spacial score (nSPS) is 12.0. The van der Waals surface area contributed by atoms with E-state index >= 15 is 0 Å². The summed E-state index contributed by atoms with van der Waals surface area (Å²) in [7, 11) is 0. The average Bonchev–Trinajstić information content (AvgIpc) is 2.24. The summed E-state index contributed by atoms with van der Waals surface area (Å²) in [6.45, 7) is 12.6. The van der Waals surface area contributed by atoms with E-state index in [1.807, 2.05) is 13.8 Å². The van der Waals surface area contributed by atoms with Crippen LogP contribution in [0, 0.1) is 11.8 Å². The van der Waals surface area contributed by atoms with Gasteiger partial charge in [0.2, 0.25) is 0 Å². The molecule has 1 aromatic rings. The van der Waals surface area contributed by atoms with E-state index in [0.717, 1.165) is 18.4 Å². The van der Waals surface area contributed by atoms with Gasteiger partial charge in [-0.2, -0.15) is 0 Å². The lowest BCUT2D eigenvalue weighted by Gasteiger charge is -2.26. The van der Waals surface area contributed by atoms with Crippen LogP contribution in [0.4, 0.5) is 4.79 Å². The first-order valence-electron chi connectivity index (χ1n) is 7.72. The molecule has 3 heteroatoms. The highest BCUT2D eigenvalue weighted by molar-refractivity contribution is 5.65. The molecule has 3 nitrogen and oxygen atoms in total. The number of amides is 1. The van der Waals surface area contributed by atoms with E-state index in [4.69, 9.17) is 10.5 Å². The highest BCUT2D eigenvalue weighted by Crippen LogP contribution is 2.28. The van der Waals surface area contributed by atoms with Gasteiger partial charge in [-0.05, 0) is 55.2 Å². The molecule has 0 aliphatic heterocycles. The molecule has 1 amide bonds. The van der Waals surface area contributed by atoms with E-state index in [1.165, 1.54) is 11.1 Å². The van der Waals surface area contributed by atoms with Gasteiger partial charge >= 0.3 is 6.09 Å². The zero-order chi connectivity index (χ0) is 16.2. The van der Waals surface area contributed by atoms with Crippen LogP contribution in [0.15, 0.2) is 18.2 Å². The van der Waals surface area contributed by atoms with Gasteiger partial charge in [0, 0.05) is 0 Å². The highest BCUT2D eigenvalue weighted by Gasteiger charge is 2.25. The number of ether oxygens (including phenoxy) is 1. The zero-order valence-corrected chi connectivity index (χ0v) is 14.2. The molecule has 0 saturated heterocycles. The van der Waals surface area contributed by atoms with Crippen molar-refractivity contribution in [2.45, 2.75) is 60.0 Å². The van der Waals surface area contributed by atoms with Gasteiger partial charge in [0.1, 0.15) is 5.60 Å². The van der Waals surface area contributed by atoms with Gasteiger partial charge in [0.05, 0.1) is 0 Å². The smallest absolute Gasteiger partial charge is 0.405 e. The van der Waals surface area contributed by atoms with Crippen molar-refractivity contribution in [3.63, 3.8) is 0 Å². The number of benzene rings is 1. The summed E-state index contributed by atoms with van der Waals surface area (Å²) in [6.07, 6.45) is 1.30. The molecule has 0 aliphatic carbocycles. The lowest BCUT2D eigenvalue weighted by Crippen LogP contribution is -2.29. The van der Waals surface area contributed by atoms with E-state index in [1.54, 1.807) is 0 Å². The molecule has 0 unspecified atom stereocenters. The Morgan fingerprint density at radius 1 is 1.05 bits per heavy atom. The third kappa shape index (κ3) is 5.78. The number of hydrogen-bond donors (Lipinski definition) is 1. The Morgan fingerprint density at radius 3 is 1.81 bits per heavy atom. The highest BCUT2D eigenvalue weighted by atomic mass is 16.6. The van der Waals surface area contributed by atoms with E-state index in [-0.39, 0.29) is 0 Å². The summed E-state index contributed by atoms with van der Waals surface area (Å²) in [4.78, 5) is 11.1. The zero-order valence-electron chi connectivity index (χ0n) is 14.2. The topological polar surface area (TPSA) is 52.3 Å². The molecule has 0 bridgehead atoms. The molecule has 0 aliphatic rings. The Labute approximate surface area is 128 Å².